The van der Waals surface area contributed by atoms with Crippen LogP contribution in [0.15, 0.2) is 42.7 Å². The first-order valence-electron chi connectivity index (χ1n) is 10.3. The Hall–Kier alpha value is -1.98. The van der Waals surface area contributed by atoms with Crippen molar-refractivity contribution in [2.75, 3.05) is 26.2 Å². The first kappa shape index (κ1) is 18.4. The number of hydrogen-bond acceptors (Lipinski definition) is 5. The van der Waals surface area contributed by atoms with Gasteiger partial charge in [-0.25, -0.2) is 9.97 Å². The van der Waals surface area contributed by atoms with Crippen LogP contribution in [0, 0.1) is 0 Å². The van der Waals surface area contributed by atoms with Gasteiger partial charge in [0.05, 0.1) is 0 Å². The third-order valence-electron chi connectivity index (χ3n) is 6.07. The second-order valence-corrected chi connectivity index (χ2v) is 7.74. The Balaban J connectivity index is 1.31. The maximum atomic E-state index is 5.70. The summed E-state index contributed by atoms with van der Waals surface area (Å²) in [5.41, 5.74) is 1.34. The highest BCUT2D eigenvalue weighted by atomic mass is 16.5. The van der Waals surface area contributed by atoms with Crippen molar-refractivity contribution in [1.82, 2.24) is 19.8 Å². The third kappa shape index (κ3) is 4.66. The minimum Gasteiger partial charge on any atom is -0.424 e. The van der Waals surface area contributed by atoms with Crippen molar-refractivity contribution >= 4 is 0 Å². The number of rotatable bonds is 5. The van der Waals surface area contributed by atoms with Crippen molar-refractivity contribution in [3.8, 4) is 11.8 Å². The molecule has 0 bridgehead atoms. The molecule has 1 atom stereocenters. The zero-order chi connectivity index (χ0) is 18.5. The topological polar surface area (TPSA) is 41.5 Å². The maximum absolute atomic E-state index is 5.70. The van der Waals surface area contributed by atoms with Gasteiger partial charge >= 0.3 is 6.01 Å². The van der Waals surface area contributed by atoms with Crippen molar-refractivity contribution in [2.24, 2.45) is 0 Å². The molecule has 2 aliphatic rings. The Morgan fingerprint density at radius 3 is 2.26 bits per heavy atom. The Bertz CT molecular complexity index is 692. The van der Waals surface area contributed by atoms with Crippen molar-refractivity contribution in [2.45, 2.75) is 51.1 Å². The smallest absolute Gasteiger partial charge is 0.321 e. The largest absolute Gasteiger partial charge is 0.424 e. The van der Waals surface area contributed by atoms with E-state index in [-0.39, 0.29) is 0 Å². The van der Waals surface area contributed by atoms with Gasteiger partial charge in [0.15, 0.2) is 0 Å². The van der Waals surface area contributed by atoms with Crippen LogP contribution in [0.1, 0.15) is 50.6 Å². The zero-order valence-electron chi connectivity index (χ0n) is 16.3. The molecule has 2 saturated heterocycles. The van der Waals surface area contributed by atoms with E-state index in [0.717, 1.165) is 11.8 Å². The highest BCUT2D eigenvalue weighted by molar-refractivity contribution is 5.30. The third-order valence-corrected chi connectivity index (χ3v) is 6.07. The Kier molecular flexibility index (Phi) is 6.00. The van der Waals surface area contributed by atoms with E-state index in [1.807, 2.05) is 12.1 Å². The highest BCUT2D eigenvalue weighted by Crippen LogP contribution is 2.28. The van der Waals surface area contributed by atoms with Crippen LogP contribution in [0.25, 0.3) is 0 Å². The monoisotopic (exact) mass is 366 g/mol. The van der Waals surface area contributed by atoms with E-state index in [1.165, 1.54) is 63.8 Å². The first-order chi connectivity index (χ1) is 13.3. The van der Waals surface area contributed by atoms with Gasteiger partial charge in [-0.2, -0.15) is 0 Å². The van der Waals surface area contributed by atoms with Crippen LogP contribution >= 0.6 is 0 Å². The predicted octanol–water partition coefficient (Wildman–Crippen LogP) is 4.28. The number of hydrogen-bond donors (Lipinski definition) is 0. The lowest BCUT2D eigenvalue weighted by Crippen LogP contribution is -2.47. The molecule has 3 heterocycles. The van der Waals surface area contributed by atoms with Crippen LogP contribution in [-0.2, 0) is 0 Å². The van der Waals surface area contributed by atoms with E-state index in [1.54, 1.807) is 18.5 Å². The van der Waals surface area contributed by atoms with Gasteiger partial charge in [0.25, 0.3) is 0 Å². The van der Waals surface area contributed by atoms with Gasteiger partial charge in [0, 0.05) is 37.6 Å². The van der Waals surface area contributed by atoms with Gasteiger partial charge in [0.2, 0.25) is 0 Å². The molecule has 5 heteroatoms. The van der Waals surface area contributed by atoms with Gasteiger partial charge in [0.1, 0.15) is 5.75 Å². The number of nitrogens with zero attached hydrogens (tertiary/aromatic N) is 4. The van der Waals surface area contributed by atoms with E-state index in [2.05, 4.69) is 38.8 Å². The lowest BCUT2D eigenvalue weighted by molar-refractivity contribution is 0.0758. The number of likely N-dealkylation sites (tertiary alicyclic amines) is 2. The van der Waals surface area contributed by atoms with Crippen molar-refractivity contribution in [3.05, 3.63) is 48.3 Å². The molecule has 1 unspecified atom stereocenters. The van der Waals surface area contributed by atoms with Gasteiger partial charge in [-0.15, -0.1) is 0 Å². The van der Waals surface area contributed by atoms with Crippen LogP contribution in [0.5, 0.6) is 11.8 Å². The molecule has 27 heavy (non-hydrogen) atoms. The summed E-state index contributed by atoms with van der Waals surface area (Å²) in [6.45, 7) is 7.33. The lowest BCUT2D eigenvalue weighted by Gasteiger charge is -2.42. The predicted molar refractivity (Wildman–Crippen MR) is 107 cm³/mol. The molecule has 4 rings (SSSR count). The Morgan fingerprint density at radius 2 is 1.59 bits per heavy atom. The quantitative estimate of drug-likeness (QED) is 0.790. The van der Waals surface area contributed by atoms with Gasteiger partial charge in [-0.3, -0.25) is 4.90 Å². The fourth-order valence-corrected chi connectivity index (χ4v) is 4.39. The van der Waals surface area contributed by atoms with Crippen LogP contribution < -0.4 is 4.74 Å². The molecule has 0 aliphatic carbocycles. The summed E-state index contributed by atoms with van der Waals surface area (Å²) >= 11 is 0. The average molecular weight is 367 g/mol. The molecule has 2 aromatic rings. The van der Waals surface area contributed by atoms with Crippen molar-refractivity contribution in [1.29, 1.82) is 0 Å². The summed E-state index contributed by atoms with van der Waals surface area (Å²) < 4.78 is 5.70. The molecule has 0 saturated carbocycles. The van der Waals surface area contributed by atoms with E-state index in [0.29, 0.717) is 12.1 Å². The highest BCUT2D eigenvalue weighted by Gasteiger charge is 2.27. The second kappa shape index (κ2) is 8.81. The second-order valence-electron chi connectivity index (χ2n) is 7.74. The molecule has 0 amide bonds. The molecule has 0 N–H and O–H groups in total. The van der Waals surface area contributed by atoms with E-state index in [9.17, 15) is 0 Å². The fraction of sp³-hybridized carbons (Fsp3) is 0.545. The maximum Gasteiger partial charge on any atom is 0.321 e. The van der Waals surface area contributed by atoms with Crippen LogP contribution in [0.2, 0.25) is 0 Å². The SMILES string of the molecule is CC(c1ccc(Oc2ncccn2)cc1)N1CCC(N2CCCCC2)CC1. The van der Waals surface area contributed by atoms with Crippen LogP contribution in [0.3, 0.4) is 0 Å². The van der Waals surface area contributed by atoms with Crippen molar-refractivity contribution < 1.29 is 4.74 Å². The summed E-state index contributed by atoms with van der Waals surface area (Å²) in [7, 11) is 0. The molecule has 0 spiro atoms. The molecule has 1 aromatic carbocycles. The first-order valence-corrected chi connectivity index (χ1v) is 10.3. The summed E-state index contributed by atoms with van der Waals surface area (Å²) in [5.74, 6) is 0.779. The molecule has 0 radical (unpaired) electrons. The summed E-state index contributed by atoms with van der Waals surface area (Å²) in [6, 6.07) is 11.8. The summed E-state index contributed by atoms with van der Waals surface area (Å²) in [5, 5.41) is 0. The molecule has 2 aliphatic heterocycles. The number of piperidine rings is 2. The number of aromatic nitrogens is 2. The molecule has 5 nitrogen and oxygen atoms in total. The Morgan fingerprint density at radius 1 is 0.926 bits per heavy atom. The van der Waals surface area contributed by atoms with Gasteiger partial charge < -0.3 is 9.64 Å². The lowest BCUT2D eigenvalue weighted by atomic mass is 9.97. The van der Waals surface area contributed by atoms with Gasteiger partial charge in [-0.05, 0) is 69.5 Å². The van der Waals surface area contributed by atoms with Gasteiger partial charge in [-0.1, -0.05) is 18.6 Å². The minimum atomic E-state index is 0.387. The number of ether oxygens (including phenoxy) is 1. The van der Waals surface area contributed by atoms with Crippen LogP contribution in [-0.4, -0.2) is 52.0 Å². The molecule has 1 aromatic heterocycles. The van der Waals surface area contributed by atoms with E-state index < -0.39 is 0 Å². The molecular formula is C22H30N4O. The molecule has 144 valence electrons. The standard InChI is InChI=1S/C22H30N4O/c1-18(25-16-10-20(11-17-25)26-14-3-2-4-15-26)19-6-8-21(9-7-19)27-22-23-12-5-13-24-22/h5-9,12-13,18,20H,2-4,10-11,14-17H2,1H3. The Labute approximate surface area is 162 Å². The normalized spacial score (nSPS) is 21.1. The van der Waals surface area contributed by atoms with Crippen LogP contribution in [0.4, 0.5) is 0 Å². The van der Waals surface area contributed by atoms with E-state index in [4.69, 9.17) is 4.74 Å². The summed E-state index contributed by atoms with van der Waals surface area (Å²) in [4.78, 5) is 13.6. The molecular weight excluding hydrogens is 336 g/mol. The fourth-order valence-electron chi connectivity index (χ4n) is 4.39. The summed E-state index contributed by atoms with van der Waals surface area (Å²) in [6.07, 6.45) is 10.2. The number of benzene rings is 1. The average Bonchev–Trinajstić information content (AvgIpc) is 2.75. The minimum absolute atomic E-state index is 0.387. The molecule has 2 fully saturated rings. The van der Waals surface area contributed by atoms with Crippen molar-refractivity contribution in [3.63, 3.8) is 0 Å². The van der Waals surface area contributed by atoms with E-state index >= 15 is 0 Å². The zero-order valence-corrected chi connectivity index (χ0v) is 16.3.